The number of nitrogens with zero attached hydrogens (tertiary/aromatic N) is 3. The summed E-state index contributed by atoms with van der Waals surface area (Å²) in [5, 5.41) is 8.29. The zero-order valence-corrected chi connectivity index (χ0v) is 16.0. The van der Waals surface area contributed by atoms with Crippen LogP contribution in [0.3, 0.4) is 0 Å². The van der Waals surface area contributed by atoms with Crippen molar-refractivity contribution in [1.29, 1.82) is 0 Å². The molecule has 0 aliphatic carbocycles. The summed E-state index contributed by atoms with van der Waals surface area (Å²) in [4.78, 5) is 18.7. The smallest absolute Gasteiger partial charge is 0.280 e. The van der Waals surface area contributed by atoms with Gasteiger partial charge in [-0.1, -0.05) is 29.5 Å². The largest absolute Gasteiger partial charge is 0.497 e. The SMILES string of the molecule is COc1ccc(C(=O)N(/N=C\c2cccs2)c2nc3ccccc3s2)cc1. The minimum absolute atomic E-state index is 0.246. The summed E-state index contributed by atoms with van der Waals surface area (Å²) in [5.41, 5.74) is 1.36. The Morgan fingerprint density at radius 3 is 2.63 bits per heavy atom. The predicted octanol–water partition coefficient (Wildman–Crippen LogP) is 5.05. The van der Waals surface area contributed by atoms with Crippen LogP contribution in [0.2, 0.25) is 0 Å². The van der Waals surface area contributed by atoms with Gasteiger partial charge in [-0.3, -0.25) is 4.79 Å². The number of thiophene rings is 1. The molecule has 0 aliphatic rings. The Morgan fingerprint density at radius 1 is 1.11 bits per heavy atom. The molecule has 0 saturated heterocycles. The van der Waals surface area contributed by atoms with Gasteiger partial charge in [0.1, 0.15) is 5.75 Å². The van der Waals surface area contributed by atoms with E-state index >= 15 is 0 Å². The molecule has 0 aliphatic heterocycles. The number of anilines is 1. The van der Waals surface area contributed by atoms with Gasteiger partial charge in [0.25, 0.3) is 5.91 Å². The molecule has 1 amide bonds. The van der Waals surface area contributed by atoms with Crippen molar-refractivity contribution in [1.82, 2.24) is 4.98 Å². The molecule has 0 radical (unpaired) electrons. The quantitative estimate of drug-likeness (QED) is 0.352. The molecular formula is C20H15N3O2S2. The molecule has 0 bridgehead atoms. The third-order valence-corrected chi connectivity index (χ3v) is 5.66. The van der Waals surface area contributed by atoms with Crippen molar-refractivity contribution in [2.45, 2.75) is 0 Å². The van der Waals surface area contributed by atoms with Gasteiger partial charge in [0, 0.05) is 10.4 Å². The van der Waals surface area contributed by atoms with E-state index in [9.17, 15) is 4.79 Å². The minimum Gasteiger partial charge on any atom is -0.497 e. The van der Waals surface area contributed by atoms with Gasteiger partial charge >= 0.3 is 0 Å². The molecule has 4 aromatic rings. The number of methoxy groups -OCH3 is 1. The zero-order valence-electron chi connectivity index (χ0n) is 14.4. The maximum absolute atomic E-state index is 13.1. The summed E-state index contributed by atoms with van der Waals surface area (Å²) < 4.78 is 6.17. The lowest BCUT2D eigenvalue weighted by atomic mass is 10.2. The molecule has 0 atom stereocenters. The second-order valence-electron chi connectivity index (χ2n) is 5.57. The maximum atomic E-state index is 13.1. The van der Waals surface area contributed by atoms with E-state index < -0.39 is 0 Å². The van der Waals surface area contributed by atoms with Crippen LogP contribution >= 0.6 is 22.7 Å². The van der Waals surface area contributed by atoms with Crippen LogP contribution in [-0.2, 0) is 0 Å². The Morgan fingerprint density at radius 2 is 1.93 bits per heavy atom. The van der Waals surface area contributed by atoms with Crippen molar-refractivity contribution in [3.63, 3.8) is 0 Å². The van der Waals surface area contributed by atoms with Gasteiger partial charge in [-0.05, 0) is 47.8 Å². The van der Waals surface area contributed by atoms with Crippen molar-refractivity contribution in [2.24, 2.45) is 5.10 Å². The van der Waals surface area contributed by atoms with Crippen LogP contribution in [0.4, 0.5) is 5.13 Å². The van der Waals surface area contributed by atoms with Crippen LogP contribution in [0, 0.1) is 0 Å². The van der Waals surface area contributed by atoms with E-state index in [0.29, 0.717) is 16.4 Å². The molecule has 2 aromatic heterocycles. The monoisotopic (exact) mass is 393 g/mol. The number of carbonyl (C=O) groups excluding carboxylic acids is 1. The van der Waals surface area contributed by atoms with Crippen molar-refractivity contribution in [3.8, 4) is 5.75 Å². The predicted molar refractivity (Wildman–Crippen MR) is 111 cm³/mol. The summed E-state index contributed by atoms with van der Waals surface area (Å²) in [6, 6.07) is 18.6. The van der Waals surface area contributed by atoms with Crippen molar-refractivity contribution in [3.05, 3.63) is 76.5 Å². The second kappa shape index (κ2) is 7.69. The Bertz CT molecular complexity index is 1050. The Balaban J connectivity index is 1.73. The number of para-hydroxylation sites is 1. The first-order chi connectivity index (χ1) is 13.2. The highest BCUT2D eigenvalue weighted by Crippen LogP contribution is 2.30. The van der Waals surface area contributed by atoms with Crippen LogP contribution in [0.25, 0.3) is 10.2 Å². The van der Waals surface area contributed by atoms with Gasteiger partial charge in [-0.15, -0.1) is 11.3 Å². The van der Waals surface area contributed by atoms with E-state index in [1.165, 1.54) is 16.3 Å². The van der Waals surface area contributed by atoms with Gasteiger partial charge in [0.15, 0.2) is 0 Å². The normalized spacial score (nSPS) is 11.1. The number of amides is 1. The maximum Gasteiger partial charge on any atom is 0.280 e. The summed E-state index contributed by atoms with van der Waals surface area (Å²) in [6.45, 7) is 0. The van der Waals surface area contributed by atoms with Crippen LogP contribution < -0.4 is 9.75 Å². The standard InChI is InChI=1S/C20H15N3O2S2/c1-25-15-10-8-14(9-11-15)19(24)23(21-13-16-5-4-12-26-16)20-22-17-6-2-3-7-18(17)27-20/h2-13H,1H3/b21-13-. The molecule has 0 saturated carbocycles. The number of rotatable bonds is 5. The molecule has 27 heavy (non-hydrogen) atoms. The number of carbonyl (C=O) groups is 1. The Labute approximate surface area is 164 Å². The number of benzene rings is 2. The molecule has 2 heterocycles. The Hall–Kier alpha value is -3.03. The number of ether oxygens (including phenoxy) is 1. The van der Waals surface area contributed by atoms with Gasteiger partial charge in [-0.25, -0.2) is 4.98 Å². The molecule has 0 N–H and O–H groups in total. The van der Waals surface area contributed by atoms with Crippen LogP contribution in [-0.4, -0.2) is 24.2 Å². The lowest BCUT2D eigenvalue weighted by Crippen LogP contribution is -2.25. The fourth-order valence-electron chi connectivity index (χ4n) is 2.47. The highest BCUT2D eigenvalue weighted by molar-refractivity contribution is 7.22. The molecule has 0 unspecified atom stereocenters. The first kappa shape index (κ1) is 17.4. The molecule has 134 valence electrons. The minimum atomic E-state index is -0.246. The number of thiazole rings is 1. The molecule has 4 rings (SSSR count). The average molecular weight is 393 g/mol. The zero-order chi connectivity index (χ0) is 18.6. The first-order valence-electron chi connectivity index (χ1n) is 8.16. The number of hydrogen-bond donors (Lipinski definition) is 0. The highest BCUT2D eigenvalue weighted by Gasteiger charge is 2.21. The van der Waals surface area contributed by atoms with E-state index in [1.807, 2.05) is 41.8 Å². The number of aromatic nitrogens is 1. The molecular weight excluding hydrogens is 378 g/mol. The average Bonchev–Trinajstić information content (AvgIpc) is 3.37. The van der Waals surface area contributed by atoms with Crippen LogP contribution in [0.1, 0.15) is 15.2 Å². The van der Waals surface area contributed by atoms with E-state index in [0.717, 1.165) is 15.1 Å². The van der Waals surface area contributed by atoms with E-state index in [4.69, 9.17) is 4.74 Å². The van der Waals surface area contributed by atoms with Gasteiger partial charge in [0.05, 0.1) is 23.5 Å². The van der Waals surface area contributed by atoms with E-state index in [1.54, 1.807) is 48.9 Å². The van der Waals surface area contributed by atoms with Crippen LogP contribution in [0.5, 0.6) is 5.75 Å². The number of fused-ring (bicyclic) bond motifs is 1. The fraction of sp³-hybridized carbons (Fsp3) is 0.0500. The molecule has 5 nitrogen and oxygen atoms in total. The molecule has 7 heteroatoms. The summed E-state index contributed by atoms with van der Waals surface area (Å²) in [7, 11) is 1.59. The van der Waals surface area contributed by atoms with Gasteiger partial charge < -0.3 is 4.74 Å². The molecule has 0 spiro atoms. The van der Waals surface area contributed by atoms with E-state index in [2.05, 4.69) is 10.1 Å². The summed E-state index contributed by atoms with van der Waals surface area (Å²) >= 11 is 2.99. The molecule has 2 aromatic carbocycles. The van der Waals surface area contributed by atoms with Crippen molar-refractivity contribution < 1.29 is 9.53 Å². The lowest BCUT2D eigenvalue weighted by molar-refractivity contribution is 0.0988. The molecule has 0 fully saturated rings. The van der Waals surface area contributed by atoms with Crippen molar-refractivity contribution in [2.75, 3.05) is 12.1 Å². The summed E-state index contributed by atoms with van der Waals surface area (Å²) in [5.74, 6) is 0.449. The third kappa shape index (κ3) is 3.74. The second-order valence-corrected chi connectivity index (χ2v) is 7.56. The lowest BCUT2D eigenvalue weighted by Gasteiger charge is -2.14. The summed E-state index contributed by atoms with van der Waals surface area (Å²) in [6.07, 6.45) is 1.68. The van der Waals surface area contributed by atoms with Crippen LogP contribution in [0.15, 0.2) is 71.1 Å². The van der Waals surface area contributed by atoms with E-state index in [-0.39, 0.29) is 5.91 Å². The number of hydrogen-bond acceptors (Lipinski definition) is 6. The van der Waals surface area contributed by atoms with Gasteiger partial charge in [0.2, 0.25) is 5.13 Å². The third-order valence-electron chi connectivity index (χ3n) is 3.84. The van der Waals surface area contributed by atoms with Crippen molar-refractivity contribution >= 4 is 50.1 Å². The first-order valence-corrected chi connectivity index (χ1v) is 9.86. The van der Waals surface area contributed by atoms with Gasteiger partial charge in [-0.2, -0.15) is 10.1 Å². The topological polar surface area (TPSA) is 54.8 Å². The number of hydrazone groups is 1. The highest BCUT2D eigenvalue weighted by atomic mass is 32.1. The fourth-order valence-corrected chi connectivity index (χ4v) is 3.98. The Kier molecular flexibility index (Phi) is 4.95.